The maximum Gasteiger partial charge on any atom is 0.253 e. The minimum absolute atomic E-state index is 0.118. The molecule has 1 atom stereocenters. The van der Waals surface area contributed by atoms with Crippen LogP contribution >= 0.6 is 0 Å². The third-order valence-electron chi connectivity index (χ3n) is 3.68. The SMILES string of the molecule is CCC1CCN(C(=O)c2ccc(C)c(N)c2)C1. The van der Waals surface area contributed by atoms with Gasteiger partial charge in [-0.2, -0.15) is 0 Å². The Balaban J connectivity index is 2.12. The number of aryl methyl sites for hydroxylation is 1. The summed E-state index contributed by atoms with van der Waals surface area (Å²) < 4.78 is 0. The summed E-state index contributed by atoms with van der Waals surface area (Å²) in [5, 5.41) is 0. The molecular weight excluding hydrogens is 212 g/mol. The molecule has 1 fully saturated rings. The van der Waals surface area contributed by atoms with Crippen LogP contribution in [0.15, 0.2) is 18.2 Å². The number of hydrogen-bond donors (Lipinski definition) is 1. The zero-order chi connectivity index (χ0) is 12.4. The normalized spacial score (nSPS) is 19.6. The average molecular weight is 232 g/mol. The first-order valence-electron chi connectivity index (χ1n) is 6.27. The lowest BCUT2D eigenvalue weighted by Crippen LogP contribution is -2.28. The third kappa shape index (κ3) is 2.43. The Hall–Kier alpha value is -1.51. The van der Waals surface area contributed by atoms with Crippen molar-refractivity contribution in [1.82, 2.24) is 4.90 Å². The Morgan fingerprint density at radius 3 is 2.88 bits per heavy atom. The van der Waals surface area contributed by atoms with Crippen molar-refractivity contribution in [2.24, 2.45) is 5.92 Å². The van der Waals surface area contributed by atoms with Gasteiger partial charge in [0.2, 0.25) is 0 Å². The summed E-state index contributed by atoms with van der Waals surface area (Å²) >= 11 is 0. The Labute approximate surface area is 103 Å². The van der Waals surface area contributed by atoms with Crippen LogP contribution in [0.5, 0.6) is 0 Å². The fourth-order valence-corrected chi connectivity index (χ4v) is 2.31. The number of amides is 1. The minimum atomic E-state index is 0.118. The molecule has 0 aromatic heterocycles. The fraction of sp³-hybridized carbons (Fsp3) is 0.500. The van der Waals surface area contributed by atoms with Crippen molar-refractivity contribution in [3.05, 3.63) is 29.3 Å². The molecule has 1 aliphatic heterocycles. The molecule has 1 amide bonds. The number of nitrogens with zero attached hydrogens (tertiary/aromatic N) is 1. The zero-order valence-electron chi connectivity index (χ0n) is 10.6. The van der Waals surface area contributed by atoms with Crippen LogP contribution in [0.1, 0.15) is 35.7 Å². The number of hydrogen-bond acceptors (Lipinski definition) is 2. The van der Waals surface area contributed by atoms with E-state index in [9.17, 15) is 4.79 Å². The molecule has 0 saturated carbocycles. The molecule has 3 heteroatoms. The number of benzene rings is 1. The Bertz CT molecular complexity index is 428. The molecule has 92 valence electrons. The van der Waals surface area contributed by atoms with Crippen molar-refractivity contribution < 1.29 is 4.79 Å². The molecule has 17 heavy (non-hydrogen) atoms. The summed E-state index contributed by atoms with van der Waals surface area (Å²) in [4.78, 5) is 14.2. The van der Waals surface area contributed by atoms with Gasteiger partial charge in [-0.25, -0.2) is 0 Å². The number of rotatable bonds is 2. The average Bonchev–Trinajstić information content (AvgIpc) is 2.80. The summed E-state index contributed by atoms with van der Waals surface area (Å²) in [5.41, 5.74) is 8.27. The van der Waals surface area contributed by atoms with E-state index < -0.39 is 0 Å². The Morgan fingerprint density at radius 2 is 2.29 bits per heavy atom. The maximum absolute atomic E-state index is 12.2. The second kappa shape index (κ2) is 4.78. The molecule has 1 aromatic carbocycles. The van der Waals surface area contributed by atoms with Crippen molar-refractivity contribution in [2.45, 2.75) is 26.7 Å². The highest BCUT2D eigenvalue weighted by Gasteiger charge is 2.25. The van der Waals surface area contributed by atoms with Gasteiger partial charge in [-0.15, -0.1) is 0 Å². The molecule has 1 aromatic rings. The van der Waals surface area contributed by atoms with Crippen molar-refractivity contribution in [1.29, 1.82) is 0 Å². The van der Waals surface area contributed by atoms with Gasteiger partial charge < -0.3 is 10.6 Å². The fourth-order valence-electron chi connectivity index (χ4n) is 2.31. The second-order valence-electron chi connectivity index (χ2n) is 4.89. The molecule has 1 saturated heterocycles. The zero-order valence-corrected chi connectivity index (χ0v) is 10.6. The van der Waals surface area contributed by atoms with E-state index in [1.807, 2.05) is 24.0 Å². The molecule has 0 spiro atoms. The summed E-state index contributed by atoms with van der Waals surface area (Å²) in [6.07, 6.45) is 2.28. The number of anilines is 1. The molecule has 2 rings (SSSR count). The highest BCUT2D eigenvalue weighted by Crippen LogP contribution is 2.22. The highest BCUT2D eigenvalue weighted by atomic mass is 16.2. The number of nitrogens with two attached hydrogens (primary N) is 1. The van der Waals surface area contributed by atoms with E-state index in [4.69, 9.17) is 5.73 Å². The summed E-state index contributed by atoms with van der Waals surface area (Å²) in [7, 11) is 0. The van der Waals surface area contributed by atoms with Crippen LogP contribution in [0.3, 0.4) is 0 Å². The third-order valence-corrected chi connectivity index (χ3v) is 3.68. The van der Waals surface area contributed by atoms with E-state index in [1.54, 1.807) is 6.07 Å². The predicted octanol–water partition coefficient (Wildman–Crippen LogP) is 2.45. The molecule has 1 unspecified atom stereocenters. The highest BCUT2D eigenvalue weighted by molar-refractivity contribution is 5.95. The number of carbonyl (C=O) groups is 1. The summed E-state index contributed by atoms with van der Waals surface area (Å²) in [6.45, 7) is 5.91. The minimum Gasteiger partial charge on any atom is -0.398 e. The second-order valence-corrected chi connectivity index (χ2v) is 4.89. The van der Waals surface area contributed by atoms with Crippen molar-refractivity contribution in [3.63, 3.8) is 0 Å². The van der Waals surface area contributed by atoms with Crippen LogP contribution in [0, 0.1) is 12.8 Å². The van der Waals surface area contributed by atoms with Gasteiger partial charge in [-0.1, -0.05) is 19.4 Å². The van der Waals surface area contributed by atoms with Crippen LogP contribution in [0.4, 0.5) is 5.69 Å². The number of nitrogen functional groups attached to an aromatic ring is 1. The molecule has 1 heterocycles. The van der Waals surface area contributed by atoms with E-state index in [0.29, 0.717) is 17.2 Å². The van der Waals surface area contributed by atoms with Crippen LogP contribution in [-0.2, 0) is 0 Å². The molecule has 1 aliphatic rings. The first-order valence-corrected chi connectivity index (χ1v) is 6.27. The quantitative estimate of drug-likeness (QED) is 0.796. The van der Waals surface area contributed by atoms with Gasteiger partial charge in [0.15, 0.2) is 0 Å². The van der Waals surface area contributed by atoms with E-state index in [2.05, 4.69) is 6.92 Å². The monoisotopic (exact) mass is 232 g/mol. The Kier molecular flexibility index (Phi) is 3.36. The van der Waals surface area contributed by atoms with E-state index >= 15 is 0 Å². The predicted molar refractivity (Wildman–Crippen MR) is 69.9 cm³/mol. The first-order chi connectivity index (χ1) is 8.11. The lowest BCUT2D eigenvalue weighted by atomic mass is 10.1. The van der Waals surface area contributed by atoms with Crippen LogP contribution in [-0.4, -0.2) is 23.9 Å². The van der Waals surface area contributed by atoms with Gasteiger partial charge in [0.25, 0.3) is 5.91 Å². The number of carbonyl (C=O) groups excluding carboxylic acids is 1. The largest absolute Gasteiger partial charge is 0.398 e. The maximum atomic E-state index is 12.2. The van der Waals surface area contributed by atoms with Gasteiger partial charge in [-0.3, -0.25) is 4.79 Å². The van der Waals surface area contributed by atoms with E-state index in [-0.39, 0.29) is 5.91 Å². The first kappa shape index (κ1) is 12.0. The molecular formula is C14H20N2O. The topological polar surface area (TPSA) is 46.3 Å². The van der Waals surface area contributed by atoms with Gasteiger partial charge in [0, 0.05) is 24.3 Å². The molecule has 2 N–H and O–H groups in total. The van der Waals surface area contributed by atoms with Gasteiger partial charge in [0.05, 0.1) is 0 Å². The van der Waals surface area contributed by atoms with Crippen LogP contribution < -0.4 is 5.73 Å². The molecule has 3 nitrogen and oxygen atoms in total. The van der Waals surface area contributed by atoms with Crippen LogP contribution in [0.25, 0.3) is 0 Å². The van der Waals surface area contributed by atoms with Crippen molar-refractivity contribution in [3.8, 4) is 0 Å². The van der Waals surface area contributed by atoms with E-state index in [0.717, 1.165) is 31.5 Å². The smallest absolute Gasteiger partial charge is 0.253 e. The van der Waals surface area contributed by atoms with E-state index in [1.165, 1.54) is 0 Å². The molecule has 0 aliphatic carbocycles. The van der Waals surface area contributed by atoms with Gasteiger partial charge >= 0.3 is 0 Å². The lowest BCUT2D eigenvalue weighted by Gasteiger charge is -2.16. The van der Waals surface area contributed by atoms with Crippen molar-refractivity contribution in [2.75, 3.05) is 18.8 Å². The van der Waals surface area contributed by atoms with Crippen molar-refractivity contribution >= 4 is 11.6 Å². The standard InChI is InChI=1S/C14H20N2O/c1-3-11-6-7-16(9-11)14(17)12-5-4-10(2)13(15)8-12/h4-5,8,11H,3,6-7,9,15H2,1-2H3. The molecule has 0 radical (unpaired) electrons. The van der Waals surface area contributed by atoms with Crippen LogP contribution in [0.2, 0.25) is 0 Å². The van der Waals surface area contributed by atoms with Gasteiger partial charge in [0.1, 0.15) is 0 Å². The lowest BCUT2D eigenvalue weighted by molar-refractivity contribution is 0.0787. The van der Waals surface area contributed by atoms with Gasteiger partial charge in [-0.05, 0) is 37.0 Å². The summed E-state index contributed by atoms with van der Waals surface area (Å²) in [6, 6.07) is 5.57. The number of likely N-dealkylation sites (tertiary alicyclic amines) is 1. The summed E-state index contributed by atoms with van der Waals surface area (Å²) in [5.74, 6) is 0.786. The Morgan fingerprint density at radius 1 is 1.53 bits per heavy atom. The molecule has 0 bridgehead atoms.